The number of anilines is 1. The van der Waals surface area contributed by atoms with Gasteiger partial charge in [0.15, 0.2) is 11.0 Å². The van der Waals surface area contributed by atoms with Gasteiger partial charge in [-0.25, -0.2) is 4.39 Å². The molecule has 0 aliphatic carbocycles. The van der Waals surface area contributed by atoms with Crippen LogP contribution < -0.4 is 10.6 Å². The lowest BCUT2D eigenvalue weighted by atomic mass is 10.2. The monoisotopic (exact) mass is 475 g/mol. The van der Waals surface area contributed by atoms with Crippen LogP contribution >= 0.6 is 23.4 Å². The van der Waals surface area contributed by atoms with Crippen LogP contribution in [0.2, 0.25) is 5.02 Å². The van der Waals surface area contributed by atoms with Crippen LogP contribution in [0.5, 0.6) is 0 Å². The highest BCUT2D eigenvalue weighted by Crippen LogP contribution is 2.23. The second-order valence-corrected chi connectivity index (χ2v) is 8.44. The molecule has 0 fully saturated rings. The van der Waals surface area contributed by atoms with Gasteiger partial charge in [0.25, 0.3) is 5.91 Å². The average Bonchev–Trinajstić information content (AvgIpc) is 3.17. The van der Waals surface area contributed by atoms with Gasteiger partial charge in [-0.1, -0.05) is 35.5 Å². The van der Waals surface area contributed by atoms with Gasteiger partial charge in [-0.3, -0.25) is 9.59 Å². The molecule has 0 aliphatic rings. The molecule has 0 aliphatic heterocycles. The molecule has 2 N–H and O–H groups in total. The van der Waals surface area contributed by atoms with Crippen molar-refractivity contribution >= 4 is 40.9 Å². The van der Waals surface area contributed by atoms with Gasteiger partial charge in [-0.05, 0) is 56.7 Å². The molecule has 1 unspecified atom stereocenters. The van der Waals surface area contributed by atoms with Crippen LogP contribution in [0.15, 0.2) is 47.6 Å². The van der Waals surface area contributed by atoms with E-state index in [4.69, 9.17) is 11.6 Å². The summed E-state index contributed by atoms with van der Waals surface area (Å²) in [6.07, 6.45) is 0. The smallest absolute Gasteiger partial charge is 0.254 e. The zero-order valence-corrected chi connectivity index (χ0v) is 19.4. The van der Waals surface area contributed by atoms with Crippen molar-refractivity contribution in [3.05, 3.63) is 70.3 Å². The number of rotatable bonds is 8. The lowest BCUT2D eigenvalue weighted by Crippen LogP contribution is -2.29. The third-order valence-corrected chi connectivity index (χ3v) is 5.91. The van der Waals surface area contributed by atoms with E-state index in [0.717, 1.165) is 5.56 Å². The van der Waals surface area contributed by atoms with Crippen molar-refractivity contribution in [2.24, 2.45) is 0 Å². The van der Waals surface area contributed by atoms with Gasteiger partial charge in [0.1, 0.15) is 5.82 Å². The lowest BCUT2D eigenvalue weighted by Gasteiger charge is -2.15. The maximum absolute atomic E-state index is 13.9. The fourth-order valence-corrected chi connectivity index (χ4v) is 4.13. The van der Waals surface area contributed by atoms with Gasteiger partial charge in [0, 0.05) is 17.3 Å². The number of amides is 2. The summed E-state index contributed by atoms with van der Waals surface area (Å²) < 4.78 is 15.7. The first-order chi connectivity index (χ1) is 15.3. The van der Waals surface area contributed by atoms with Crippen molar-refractivity contribution < 1.29 is 14.0 Å². The summed E-state index contributed by atoms with van der Waals surface area (Å²) in [7, 11) is 0. The molecule has 10 heteroatoms. The number of halogens is 2. The van der Waals surface area contributed by atoms with Crippen molar-refractivity contribution in [3.8, 4) is 0 Å². The van der Waals surface area contributed by atoms with E-state index in [2.05, 4.69) is 20.8 Å². The topological polar surface area (TPSA) is 88.9 Å². The predicted molar refractivity (Wildman–Crippen MR) is 124 cm³/mol. The molecule has 1 heterocycles. The molecule has 0 saturated carbocycles. The molecular weight excluding hydrogens is 453 g/mol. The standard InChI is InChI=1S/C22H23ClFN5O2S/c1-4-29-20(14(3)25-21(31)16-7-5-6-8-17(16)24)27-28-22(29)32-12-19(30)26-18-10-9-15(23)11-13(18)2/h5-11,14H,4,12H2,1-3H3,(H,25,31)(H,26,30). The number of carbonyl (C=O) groups is 2. The Morgan fingerprint density at radius 3 is 2.66 bits per heavy atom. The second-order valence-electron chi connectivity index (χ2n) is 7.06. The van der Waals surface area contributed by atoms with E-state index in [1.54, 1.807) is 31.2 Å². The Bertz CT molecular complexity index is 1140. The number of carbonyl (C=O) groups excluding carboxylic acids is 2. The van der Waals surface area contributed by atoms with Crippen LogP contribution in [0.4, 0.5) is 10.1 Å². The van der Waals surface area contributed by atoms with Crippen LogP contribution in [0.25, 0.3) is 0 Å². The predicted octanol–water partition coefficient (Wildman–Crippen LogP) is 4.62. The minimum Gasteiger partial charge on any atom is -0.342 e. The number of nitrogens with zero attached hydrogens (tertiary/aromatic N) is 3. The first-order valence-corrected chi connectivity index (χ1v) is 11.3. The van der Waals surface area contributed by atoms with E-state index in [-0.39, 0.29) is 17.2 Å². The van der Waals surface area contributed by atoms with E-state index in [9.17, 15) is 14.0 Å². The highest BCUT2D eigenvalue weighted by molar-refractivity contribution is 7.99. The lowest BCUT2D eigenvalue weighted by molar-refractivity contribution is -0.113. The average molecular weight is 476 g/mol. The third kappa shape index (κ3) is 5.66. The summed E-state index contributed by atoms with van der Waals surface area (Å²) in [5, 5.41) is 15.1. The van der Waals surface area contributed by atoms with Crippen molar-refractivity contribution in [2.75, 3.05) is 11.1 Å². The molecule has 2 aromatic carbocycles. The van der Waals surface area contributed by atoms with Crippen LogP contribution in [0, 0.1) is 12.7 Å². The van der Waals surface area contributed by atoms with Crippen LogP contribution in [-0.4, -0.2) is 32.3 Å². The third-order valence-electron chi connectivity index (χ3n) is 4.71. The van der Waals surface area contributed by atoms with Gasteiger partial charge in [-0.2, -0.15) is 0 Å². The van der Waals surface area contributed by atoms with E-state index >= 15 is 0 Å². The van der Waals surface area contributed by atoms with Crippen molar-refractivity contribution in [2.45, 2.75) is 38.5 Å². The van der Waals surface area contributed by atoms with Crippen molar-refractivity contribution in [3.63, 3.8) is 0 Å². The molecule has 168 valence electrons. The molecule has 32 heavy (non-hydrogen) atoms. The van der Waals surface area contributed by atoms with Crippen molar-refractivity contribution in [1.82, 2.24) is 20.1 Å². The largest absolute Gasteiger partial charge is 0.342 e. The van der Waals surface area contributed by atoms with Gasteiger partial charge in [0.2, 0.25) is 5.91 Å². The Kier molecular flexibility index (Phi) is 7.87. The maximum atomic E-state index is 13.9. The number of hydrogen-bond donors (Lipinski definition) is 2. The molecule has 0 radical (unpaired) electrons. The Labute approximate surface area is 194 Å². The summed E-state index contributed by atoms with van der Waals surface area (Å²) in [6, 6.07) is 10.5. The van der Waals surface area contributed by atoms with E-state index in [1.165, 1.54) is 30.0 Å². The highest BCUT2D eigenvalue weighted by atomic mass is 35.5. The number of nitrogens with one attached hydrogen (secondary N) is 2. The zero-order chi connectivity index (χ0) is 23.3. The van der Waals surface area contributed by atoms with Gasteiger partial charge in [0.05, 0.1) is 17.4 Å². The fourth-order valence-electron chi connectivity index (χ4n) is 3.09. The Balaban J connectivity index is 1.64. The highest BCUT2D eigenvalue weighted by Gasteiger charge is 2.21. The Morgan fingerprint density at radius 1 is 1.22 bits per heavy atom. The maximum Gasteiger partial charge on any atom is 0.254 e. The molecule has 1 atom stereocenters. The molecule has 0 spiro atoms. The van der Waals surface area contributed by atoms with Crippen LogP contribution in [0.1, 0.15) is 41.6 Å². The van der Waals surface area contributed by atoms with Crippen LogP contribution in [-0.2, 0) is 11.3 Å². The molecule has 2 amide bonds. The molecule has 3 aromatic rings. The van der Waals surface area contributed by atoms with Crippen molar-refractivity contribution in [1.29, 1.82) is 0 Å². The normalized spacial score (nSPS) is 11.8. The zero-order valence-electron chi connectivity index (χ0n) is 17.9. The van der Waals surface area contributed by atoms with Gasteiger partial charge in [-0.15, -0.1) is 10.2 Å². The van der Waals surface area contributed by atoms with E-state index < -0.39 is 17.8 Å². The number of benzene rings is 2. The van der Waals surface area contributed by atoms with E-state index in [1.807, 2.05) is 18.4 Å². The molecule has 1 aromatic heterocycles. The Hall–Kier alpha value is -2.91. The fraction of sp³-hybridized carbons (Fsp3) is 0.273. The summed E-state index contributed by atoms with van der Waals surface area (Å²) in [6.45, 7) is 6.08. The molecule has 7 nitrogen and oxygen atoms in total. The minimum absolute atomic E-state index is 0.0364. The first-order valence-electron chi connectivity index (χ1n) is 9.97. The number of aryl methyl sites for hydroxylation is 1. The number of hydrogen-bond acceptors (Lipinski definition) is 5. The van der Waals surface area contributed by atoms with Gasteiger partial charge >= 0.3 is 0 Å². The minimum atomic E-state index is -0.590. The number of thioether (sulfide) groups is 1. The second kappa shape index (κ2) is 10.6. The number of aromatic nitrogens is 3. The molecular formula is C22H23ClFN5O2S. The quantitative estimate of drug-likeness (QED) is 0.464. The van der Waals surface area contributed by atoms with Gasteiger partial charge < -0.3 is 15.2 Å². The Morgan fingerprint density at radius 2 is 1.97 bits per heavy atom. The summed E-state index contributed by atoms with van der Waals surface area (Å²) in [5.74, 6) is -0.654. The van der Waals surface area contributed by atoms with Crippen LogP contribution in [0.3, 0.4) is 0 Å². The molecule has 3 rings (SSSR count). The summed E-state index contributed by atoms with van der Waals surface area (Å²) in [4.78, 5) is 24.8. The van der Waals surface area contributed by atoms with E-state index in [0.29, 0.717) is 28.2 Å². The molecule has 0 bridgehead atoms. The summed E-state index contributed by atoms with van der Waals surface area (Å²) in [5.41, 5.74) is 1.53. The SMILES string of the molecule is CCn1c(SCC(=O)Nc2ccc(Cl)cc2C)nnc1C(C)NC(=O)c1ccccc1F. The first kappa shape index (κ1) is 23.7. The molecule has 0 saturated heterocycles. The summed E-state index contributed by atoms with van der Waals surface area (Å²) >= 11 is 7.19.